The molecule has 102 valence electrons. The third-order valence-corrected chi connectivity index (χ3v) is 4.63. The largest absolute Gasteiger partial charge is 0.388 e. The number of sulfonamides is 1. The molecule has 2 N–H and O–H groups in total. The zero-order valence-electron chi connectivity index (χ0n) is 11.4. The van der Waals surface area contributed by atoms with Crippen LogP contribution in [0.3, 0.4) is 0 Å². The van der Waals surface area contributed by atoms with Gasteiger partial charge in [-0.15, -0.1) is 0 Å². The van der Waals surface area contributed by atoms with Crippen LogP contribution in [0.5, 0.6) is 0 Å². The molecule has 0 saturated carbocycles. The first kappa shape index (κ1) is 15.0. The van der Waals surface area contributed by atoms with E-state index in [0.717, 1.165) is 5.69 Å². The lowest BCUT2D eigenvalue weighted by Gasteiger charge is -2.16. The second kappa shape index (κ2) is 6.20. The molecule has 0 radical (unpaired) electrons. The fourth-order valence-corrected chi connectivity index (χ4v) is 2.50. The average Bonchev–Trinajstić information content (AvgIpc) is 2.36. The van der Waals surface area contributed by atoms with E-state index in [1.54, 1.807) is 31.3 Å². The normalized spacial score (nSPS) is 13.6. The summed E-state index contributed by atoms with van der Waals surface area (Å²) in [4.78, 5) is 0.303. The van der Waals surface area contributed by atoms with Gasteiger partial charge in [-0.05, 0) is 36.1 Å². The molecule has 0 amide bonds. The summed E-state index contributed by atoms with van der Waals surface area (Å²) in [5.41, 5.74) is 0.893. The molecule has 1 unspecified atom stereocenters. The fraction of sp³-hybridized carbons (Fsp3) is 0.538. The first-order valence-electron chi connectivity index (χ1n) is 6.14. The summed E-state index contributed by atoms with van der Waals surface area (Å²) < 4.78 is 26.7. The molecule has 0 aliphatic carbocycles. The number of hydrogen-bond acceptors (Lipinski definition) is 3. The molecule has 1 rings (SSSR count). The topological polar surface area (TPSA) is 58.2 Å². The summed E-state index contributed by atoms with van der Waals surface area (Å²) in [5, 5.41) is 2.96. The van der Waals surface area contributed by atoms with E-state index in [1.807, 2.05) is 6.92 Å². The molecule has 1 atom stereocenters. The molecule has 0 saturated heterocycles. The molecule has 5 heteroatoms. The van der Waals surface area contributed by atoms with Crippen LogP contribution in [-0.4, -0.2) is 22.0 Å². The second-order valence-electron chi connectivity index (χ2n) is 4.85. The third kappa shape index (κ3) is 3.99. The lowest BCUT2D eigenvalue weighted by molar-refractivity contribution is 0.414. The van der Waals surface area contributed by atoms with Crippen molar-refractivity contribution in [1.82, 2.24) is 4.72 Å². The Morgan fingerprint density at radius 3 is 2.11 bits per heavy atom. The third-order valence-electron chi connectivity index (χ3n) is 3.19. The maximum absolute atomic E-state index is 12.0. The van der Waals surface area contributed by atoms with Crippen LogP contribution in [0, 0.1) is 11.8 Å². The Bertz CT molecular complexity index is 466. The Labute approximate surface area is 110 Å². The predicted molar refractivity (Wildman–Crippen MR) is 75.2 cm³/mol. The van der Waals surface area contributed by atoms with E-state index in [0.29, 0.717) is 23.3 Å². The van der Waals surface area contributed by atoms with Crippen LogP contribution in [0.1, 0.15) is 20.8 Å². The van der Waals surface area contributed by atoms with Crippen molar-refractivity contribution >= 4 is 15.7 Å². The van der Waals surface area contributed by atoms with Crippen molar-refractivity contribution in [3.63, 3.8) is 0 Å². The van der Waals surface area contributed by atoms with Gasteiger partial charge in [0.25, 0.3) is 0 Å². The van der Waals surface area contributed by atoms with Gasteiger partial charge in [0, 0.05) is 19.3 Å². The summed E-state index contributed by atoms with van der Waals surface area (Å²) >= 11 is 0. The van der Waals surface area contributed by atoms with Crippen LogP contribution < -0.4 is 10.0 Å². The quantitative estimate of drug-likeness (QED) is 0.834. The fourth-order valence-electron chi connectivity index (χ4n) is 1.36. The first-order chi connectivity index (χ1) is 8.36. The van der Waals surface area contributed by atoms with Crippen LogP contribution in [0.4, 0.5) is 5.69 Å². The summed E-state index contributed by atoms with van der Waals surface area (Å²) in [6.45, 7) is 6.67. The summed E-state index contributed by atoms with van der Waals surface area (Å²) in [6, 6.07) is 6.71. The van der Waals surface area contributed by atoms with Gasteiger partial charge in [0.05, 0.1) is 4.90 Å². The molecule has 4 nitrogen and oxygen atoms in total. The van der Waals surface area contributed by atoms with Gasteiger partial charge in [-0.1, -0.05) is 20.8 Å². The Hall–Kier alpha value is -1.07. The van der Waals surface area contributed by atoms with E-state index < -0.39 is 10.0 Å². The number of anilines is 1. The average molecular weight is 270 g/mol. The van der Waals surface area contributed by atoms with E-state index >= 15 is 0 Å². The molecule has 0 fully saturated rings. The zero-order valence-corrected chi connectivity index (χ0v) is 12.2. The van der Waals surface area contributed by atoms with Crippen LogP contribution in [-0.2, 0) is 10.0 Å². The highest BCUT2D eigenvalue weighted by Gasteiger charge is 2.16. The highest BCUT2D eigenvalue weighted by Crippen LogP contribution is 2.14. The monoisotopic (exact) mass is 270 g/mol. The van der Waals surface area contributed by atoms with Crippen LogP contribution in [0.25, 0.3) is 0 Å². The van der Waals surface area contributed by atoms with E-state index in [4.69, 9.17) is 0 Å². The summed E-state index contributed by atoms with van der Waals surface area (Å²) in [6.07, 6.45) is 0. The summed E-state index contributed by atoms with van der Waals surface area (Å²) in [5.74, 6) is 0.774. The van der Waals surface area contributed by atoms with Gasteiger partial charge in [-0.25, -0.2) is 13.1 Å². The van der Waals surface area contributed by atoms with Crippen molar-refractivity contribution < 1.29 is 8.42 Å². The molecule has 0 aromatic heterocycles. The van der Waals surface area contributed by atoms with Crippen molar-refractivity contribution in [1.29, 1.82) is 0 Å². The number of rotatable bonds is 6. The van der Waals surface area contributed by atoms with Crippen molar-refractivity contribution in [2.75, 3.05) is 18.9 Å². The standard InChI is InChI=1S/C13H22N2O2S/c1-10(2)11(3)9-15-18(16,17)13-7-5-12(14-4)6-8-13/h5-8,10-11,14-15H,9H2,1-4H3. The minimum Gasteiger partial charge on any atom is -0.388 e. The maximum Gasteiger partial charge on any atom is 0.240 e. The molecular formula is C13H22N2O2S. The zero-order chi connectivity index (χ0) is 13.8. The molecular weight excluding hydrogens is 248 g/mol. The van der Waals surface area contributed by atoms with E-state index in [1.165, 1.54) is 0 Å². The van der Waals surface area contributed by atoms with Gasteiger partial charge in [0.1, 0.15) is 0 Å². The van der Waals surface area contributed by atoms with Crippen LogP contribution >= 0.6 is 0 Å². The van der Waals surface area contributed by atoms with E-state index in [9.17, 15) is 8.42 Å². The number of benzene rings is 1. The van der Waals surface area contributed by atoms with Crippen molar-refractivity contribution in [2.24, 2.45) is 11.8 Å². The summed E-state index contributed by atoms with van der Waals surface area (Å²) in [7, 11) is -1.59. The lowest BCUT2D eigenvalue weighted by Crippen LogP contribution is -2.30. The highest BCUT2D eigenvalue weighted by molar-refractivity contribution is 7.89. The minimum atomic E-state index is -3.39. The Kier molecular flexibility index (Phi) is 5.16. The van der Waals surface area contributed by atoms with Gasteiger partial charge in [0.2, 0.25) is 10.0 Å². The molecule has 1 aromatic carbocycles. The molecule has 0 aliphatic heterocycles. The van der Waals surface area contributed by atoms with Crippen molar-refractivity contribution in [2.45, 2.75) is 25.7 Å². The van der Waals surface area contributed by atoms with Gasteiger partial charge < -0.3 is 5.32 Å². The smallest absolute Gasteiger partial charge is 0.240 e. The second-order valence-corrected chi connectivity index (χ2v) is 6.61. The van der Waals surface area contributed by atoms with Gasteiger partial charge >= 0.3 is 0 Å². The predicted octanol–water partition coefficient (Wildman–Crippen LogP) is 2.30. The molecule has 18 heavy (non-hydrogen) atoms. The van der Waals surface area contributed by atoms with Gasteiger partial charge in [-0.3, -0.25) is 0 Å². The van der Waals surface area contributed by atoms with Crippen molar-refractivity contribution in [3.05, 3.63) is 24.3 Å². The minimum absolute atomic E-state index is 0.303. The lowest BCUT2D eigenvalue weighted by atomic mass is 9.99. The molecule has 0 aliphatic rings. The Balaban J connectivity index is 2.73. The van der Waals surface area contributed by atoms with Gasteiger partial charge in [-0.2, -0.15) is 0 Å². The number of nitrogens with one attached hydrogen (secondary N) is 2. The highest BCUT2D eigenvalue weighted by atomic mass is 32.2. The van der Waals surface area contributed by atoms with Crippen molar-refractivity contribution in [3.8, 4) is 0 Å². The molecule has 0 bridgehead atoms. The van der Waals surface area contributed by atoms with Gasteiger partial charge in [0.15, 0.2) is 0 Å². The molecule has 0 spiro atoms. The first-order valence-corrected chi connectivity index (χ1v) is 7.62. The molecule has 1 aromatic rings. The Morgan fingerprint density at radius 2 is 1.67 bits per heavy atom. The maximum atomic E-state index is 12.0. The van der Waals surface area contributed by atoms with Crippen LogP contribution in [0.15, 0.2) is 29.2 Å². The molecule has 0 heterocycles. The number of hydrogen-bond donors (Lipinski definition) is 2. The van der Waals surface area contributed by atoms with E-state index in [2.05, 4.69) is 23.9 Å². The van der Waals surface area contributed by atoms with E-state index in [-0.39, 0.29) is 0 Å². The Morgan fingerprint density at radius 1 is 1.11 bits per heavy atom. The van der Waals surface area contributed by atoms with Crippen LogP contribution in [0.2, 0.25) is 0 Å². The SMILES string of the molecule is CNc1ccc(S(=O)(=O)NCC(C)C(C)C)cc1.